The van der Waals surface area contributed by atoms with Gasteiger partial charge >= 0.3 is 0 Å². The van der Waals surface area contributed by atoms with Crippen LogP contribution in [0.4, 0.5) is 0 Å². The molecular formula is C10H15NO2. The Kier molecular flexibility index (Phi) is 3.28. The molecule has 0 spiro atoms. The van der Waals surface area contributed by atoms with Gasteiger partial charge < -0.3 is 9.84 Å². The molecule has 72 valence electrons. The van der Waals surface area contributed by atoms with Crippen molar-refractivity contribution < 1.29 is 9.84 Å². The lowest BCUT2D eigenvalue weighted by Gasteiger charge is -2.20. The molecule has 0 fully saturated rings. The van der Waals surface area contributed by atoms with Gasteiger partial charge in [-0.2, -0.15) is 0 Å². The summed E-state index contributed by atoms with van der Waals surface area (Å²) in [6.45, 7) is 0. The maximum absolute atomic E-state index is 9.76. The summed E-state index contributed by atoms with van der Waals surface area (Å²) in [6.07, 6.45) is -0.615. The smallest absolute Gasteiger partial charge is 0.136 e. The summed E-state index contributed by atoms with van der Waals surface area (Å²) in [6, 6.07) is 7.45. The van der Waals surface area contributed by atoms with Crippen molar-refractivity contribution in [3.63, 3.8) is 0 Å². The Labute approximate surface area is 78.6 Å². The molecule has 1 unspecified atom stereocenters. The summed E-state index contributed by atoms with van der Waals surface area (Å²) in [4.78, 5) is 1.72. The Bertz CT molecular complexity index is 273. The maximum atomic E-state index is 9.76. The molecule has 0 aliphatic rings. The topological polar surface area (TPSA) is 32.7 Å². The van der Waals surface area contributed by atoms with Crippen LogP contribution in [0.3, 0.4) is 0 Å². The van der Waals surface area contributed by atoms with Gasteiger partial charge in [0.2, 0.25) is 0 Å². The fraction of sp³-hybridized carbons (Fsp3) is 0.400. The second kappa shape index (κ2) is 4.25. The number of rotatable bonds is 3. The number of aliphatic hydroxyl groups excluding tert-OH is 1. The SMILES string of the molecule is COc1ccccc1C(O)N(C)C. The standard InChI is InChI=1S/C10H15NO2/c1-11(2)10(12)8-6-4-5-7-9(8)13-3/h4-7,10,12H,1-3H3. The first kappa shape index (κ1) is 10.0. The van der Waals surface area contributed by atoms with Crippen LogP contribution in [-0.2, 0) is 0 Å². The second-order valence-corrected chi connectivity index (χ2v) is 3.08. The van der Waals surface area contributed by atoms with Crippen molar-refractivity contribution in [3.05, 3.63) is 29.8 Å². The average molecular weight is 181 g/mol. The Hall–Kier alpha value is -1.06. The van der Waals surface area contributed by atoms with Gasteiger partial charge in [0.15, 0.2) is 0 Å². The molecule has 1 rings (SSSR count). The third kappa shape index (κ3) is 2.20. The van der Waals surface area contributed by atoms with Crippen LogP contribution < -0.4 is 4.74 Å². The van der Waals surface area contributed by atoms with Gasteiger partial charge in [-0.1, -0.05) is 18.2 Å². The maximum Gasteiger partial charge on any atom is 0.136 e. The molecule has 3 nitrogen and oxygen atoms in total. The lowest BCUT2D eigenvalue weighted by molar-refractivity contribution is 0.0375. The quantitative estimate of drug-likeness (QED) is 0.712. The van der Waals surface area contributed by atoms with E-state index in [1.165, 1.54) is 0 Å². The number of methoxy groups -OCH3 is 1. The number of nitrogens with zero attached hydrogens (tertiary/aromatic N) is 1. The molecule has 0 saturated heterocycles. The lowest BCUT2D eigenvalue weighted by atomic mass is 10.1. The van der Waals surface area contributed by atoms with E-state index in [2.05, 4.69) is 0 Å². The third-order valence-corrected chi connectivity index (χ3v) is 1.91. The van der Waals surface area contributed by atoms with Crippen LogP contribution in [-0.4, -0.2) is 31.2 Å². The number of para-hydroxylation sites is 1. The van der Waals surface area contributed by atoms with Crippen LogP contribution in [0.15, 0.2) is 24.3 Å². The van der Waals surface area contributed by atoms with E-state index < -0.39 is 6.23 Å². The summed E-state index contributed by atoms with van der Waals surface area (Å²) >= 11 is 0. The zero-order valence-corrected chi connectivity index (χ0v) is 8.19. The third-order valence-electron chi connectivity index (χ3n) is 1.91. The summed E-state index contributed by atoms with van der Waals surface area (Å²) in [5.41, 5.74) is 0.787. The average Bonchev–Trinajstić information content (AvgIpc) is 2.16. The van der Waals surface area contributed by atoms with Crippen LogP contribution in [0.1, 0.15) is 11.8 Å². The highest BCUT2D eigenvalue weighted by Gasteiger charge is 2.13. The van der Waals surface area contributed by atoms with E-state index in [0.29, 0.717) is 5.75 Å². The van der Waals surface area contributed by atoms with Crippen LogP contribution >= 0.6 is 0 Å². The zero-order chi connectivity index (χ0) is 9.84. The number of aliphatic hydroxyl groups is 1. The van der Waals surface area contributed by atoms with E-state index in [9.17, 15) is 5.11 Å². The van der Waals surface area contributed by atoms with Crippen molar-refractivity contribution in [1.82, 2.24) is 4.90 Å². The molecule has 3 heteroatoms. The highest BCUT2D eigenvalue weighted by Crippen LogP contribution is 2.25. The van der Waals surface area contributed by atoms with Crippen LogP contribution in [0, 0.1) is 0 Å². The molecule has 1 atom stereocenters. The fourth-order valence-corrected chi connectivity index (χ4v) is 1.16. The minimum absolute atomic E-state index is 0.615. The summed E-state index contributed by atoms with van der Waals surface area (Å²) in [7, 11) is 5.23. The molecule has 1 aromatic rings. The van der Waals surface area contributed by atoms with Gasteiger partial charge in [-0.15, -0.1) is 0 Å². The van der Waals surface area contributed by atoms with Gasteiger partial charge in [-0.05, 0) is 20.2 Å². The lowest BCUT2D eigenvalue weighted by Crippen LogP contribution is -2.19. The first-order valence-corrected chi connectivity index (χ1v) is 4.14. The monoisotopic (exact) mass is 181 g/mol. The molecule has 0 bridgehead atoms. The molecule has 0 aliphatic carbocycles. The highest BCUT2D eigenvalue weighted by atomic mass is 16.5. The largest absolute Gasteiger partial charge is 0.496 e. The fourth-order valence-electron chi connectivity index (χ4n) is 1.16. The summed E-state index contributed by atoms with van der Waals surface area (Å²) in [5, 5.41) is 9.76. The highest BCUT2D eigenvalue weighted by molar-refractivity contribution is 5.34. The van der Waals surface area contributed by atoms with E-state index in [-0.39, 0.29) is 0 Å². The first-order chi connectivity index (χ1) is 6.16. The van der Waals surface area contributed by atoms with Gasteiger partial charge in [0.05, 0.1) is 7.11 Å². The Morgan fingerprint density at radius 1 is 1.31 bits per heavy atom. The van der Waals surface area contributed by atoms with Gasteiger partial charge in [0, 0.05) is 5.56 Å². The Balaban J connectivity index is 2.98. The molecule has 0 aromatic heterocycles. The van der Waals surface area contributed by atoms with Crippen molar-refractivity contribution in [3.8, 4) is 5.75 Å². The predicted molar refractivity (Wildman–Crippen MR) is 51.6 cm³/mol. The zero-order valence-electron chi connectivity index (χ0n) is 8.19. The van der Waals surface area contributed by atoms with Gasteiger partial charge in [-0.3, -0.25) is 4.90 Å². The molecular weight excluding hydrogens is 166 g/mol. The number of hydrogen-bond acceptors (Lipinski definition) is 3. The van der Waals surface area contributed by atoms with Crippen LogP contribution in [0.5, 0.6) is 5.75 Å². The van der Waals surface area contributed by atoms with E-state index in [1.54, 1.807) is 12.0 Å². The molecule has 0 aliphatic heterocycles. The molecule has 0 radical (unpaired) electrons. The molecule has 0 saturated carbocycles. The van der Waals surface area contributed by atoms with Crippen molar-refractivity contribution >= 4 is 0 Å². The van der Waals surface area contributed by atoms with E-state index in [1.807, 2.05) is 38.4 Å². The molecule has 1 N–H and O–H groups in total. The van der Waals surface area contributed by atoms with E-state index in [0.717, 1.165) is 5.56 Å². The van der Waals surface area contributed by atoms with Crippen molar-refractivity contribution in [2.45, 2.75) is 6.23 Å². The van der Waals surface area contributed by atoms with Crippen molar-refractivity contribution in [1.29, 1.82) is 0 Å². The second-order valence-electron chi connectivity index (χ2n) is 3.08. The Morgan fingerprint density at radius 3 is 2.46 bits per heavy atom. The summed E-state index contributed by atoms with van der Waals surface area (Å²) < 4.78 is 5.13. The van der Waals surface area contributed by atoms with Crippen LogP contribution in [0.25, 0.3) is 0 Å². The molecule has 0 heterocycles. The van der Waals surface area contributed by atoms with Gasteiger partial charge in [0.25, 0.3) is 0 Å². The van der Waals surface area contributed by atoms with E-state index >= 15 is 0 Å². The minimum Gasteiger partial charge on any atom is -0.496 e. The number of benzene rings is 1. The van der Waals surface area contributed by atoms with Crippen LogP contribution in [0.2, 0.25) is 0 Å². The molecule has 1 aromatic carbocycles. The Morgan fingerprint density at radius 2 is 1.92 bits per heavy atom. The minimum atomic E-state index is -0.615. The first-order valence-electron chi connectivity index (χ1n) is 4.14. The van der Waals surface area contributed by atoms with Gasteiger partial charge in [-0.25, -0.2) is 0 Å². The van der Waals surface area contributed by atoms with Crippen molar-refractivity contribution in [2.75, 3.05) is 21.2 Å². The number of hydrogen-bond donors (Lipinski definition) is 1. The summed E-state index contributed by atoms with van der Waals surface area (Å²) in [5.74, 6) is 0.712. The van der Waals surface area contributed by atoms with Crippen molar-refractivity contribution in [2.24, 2.45) is 0 Å². The predicted octanol–water partition coefficient (Wildman–Crippen LogP) is 1.25. The number of ether oxygens (including phenoxy) is 1. The molecule has 13 heavy (non-hydrogen) atoms. The molecule has 0 amide bonds. The van der Waals surface area contributed by atoms with E-state index in [4.69, 9.17) is 4.74 Å². The van der Waals surface area contributed by atoms with Gasteiger partial charge in [0.1, 0.15) is 12.0 Å². The normalized spacial score (nSPS) is 13.0.